The lowest BCUT2D eigenvalue weighted by molar-refractivity contribution is -0.139. The fourth-order valence-corrected chi connectivity index (χ4v) is 3.08. The first-order chi connectivity index (χ1) is 7.72. The number of aliphatic carboxylic acids is 1. The molecule has 2 N–H and O–H groups in total. The van der Waals surface area contributed by atoms with Crippen LogP contribution >= 0.6 is 0 Å². The third kappa shape index (κ3) is 2.19. The quantitative estimate of drug-likeness (QED) is 0.743. The molecule has 0 bridgehead atoms. The van der Waals surface area contributed by atoms with Crippen LogP contribution in [-0.2, 0) is 4.79 Å². The van der Waals surface area contributed by atoms with Crippen molar-refractivity contribution in [1.29, 1.82) is 5.26 Å². The summed E-state index contributed by atoms with van der Waals surface area (Å²) in [6.45, 7) is 0. The fourth-order valence-electron chi connectivity index (χ4n) is 3.08. The predicted octanol–water partition coefficient (Wildman–Crippen LogP) is 1.52. The number of hydrogen-bond acceptors (Lipinski definition) is 3. The van der Waals surface area contributed by atoms with E-state index >= 15 is 0 Å². The number of carboxylic acid groups (broad SMARTS) is 1. The molecule has 4 nitrogen and oxygen atoms in total. The van der Waals surface area contributed by atoms with Gasteiger partial charge in [0.15, 0.2) is 0 Å². The van der Waals surface area contributed by atoms with E-state index < -0.39 is 12.0 Å². The lowest BCUT2D eigenvalue weighted by Crippen LogP contribution is -2.41. The zero-order valence-corrected chi connectivity index (χ0v) is 9.35. The standard InChI is InChI=1S/C12H18N2O2/c13-7-9-6-10(12(15)16)14-11(9)8-4-2-1-3-5-8/h8-11,14H,1-6H2,(H,15,16). The Balaban J connectivity index is 2.02. The van der Waals surface area contributed by atoms with Crippen molar-refractivity contribution in [3.05, 3.63) is 0 Å². The van der Waals surface area contributed by atoms with Gasteiger partial charge in [-0.05, 0) is 25.2 Å². The topological polar surface area (TPSA) is 73.1 Å². The van der Waals surface area contributed by atoms with Gasteiger partial charge in [-0.2, -0.15) is 5.26 Å². The van der Waals surface area contributed by atoms with Crippen molar-refractivity contribution >= 4 is 5.97 Å². The van der Waals surface area contributed by atoms with Gasteiger partial charge in [-0.25, -0.2) is 0 Å². The van der Waals surface area contributed by atoms with E-state index in [-0.39, 0.29) is 12.0 Å². The highest BCUT2D eigenvalue weighted by Gasteiger charge is 2.41. The van der Waals surface area contributed by atoms with Crippen molar-refractivity contribution in [3.8, 4) is 6.07 Å². The summed E-state index contributed by atoms with van der Waals surface area (Å²) in [5.74, 6) is -0.439. The van der Waals surface area contributed by atoms with Gasteiger partial charge in [0.25, 0.3) is 0 Å². The van der Waals surface area contributed by atoms with E-state index in [1.165, 1.54) is 19.3 Å². The van der Waals surface area contributed by atoms with Gasteiger partial charge in [0.05, 0.1) is 12.0 Å². The average Bonchev–Trinajstić information content (AvgIpc) is 2.74. The Morgan fingerprint density at radius 2 is 2.00 bits per heavy atom. The fraction of sp³-hybridized carbons (Fsp3) is 0.833. The second-order valence-electron chi connectivity index (χ2n) is 4.95. The van der Waals surface area contributed by atoms with Crippen LogP contribution in [0.5, 0.6) is 0 Å². The van der Waals surface area contributed by atoms with Crippen LogP contribution < -0.4 is 5.32 Å². The summed E-state index contributed by atoms with van der Waals surface area (Å²) < 4.78 is 0. The molecule has 1 saturated carbocycles. The van der Waals surface area contributed by atoms with Gasteiger partial charge in [0.2, 0.25) is 0 Å². The van der Waals surface area contributed by atoms with Crippen molar-refractivity contribution < 1.29 is 9.90 Å². The van der Waals surface area contributed by atoms with Crippen molar-refractivity contribution in [2.24, 2.45) is 11.8 Å². The Morgan fingerprint density at radius 3 is 2.56 bits per heavy atom. The highest BCUT2D eigenvalue weighted by Crippen LogP contribution is 2.34. The second-order valence-corrected chi connectivity index (χ2v) is 4.95. The molecule has 1 aliphatic heterocycles. The molecule has 3 atom stereocenters. The van der Waals surface area contributed by atoms with Crippen LogP contribution in [0, 0.1) is 23.2 Å². The summed E-state index contributed by atoms with van der Waals surface area (Å²) in [4.78, 5) is 10.9. The van der Waals surface area contributed by atoms with Crippen LogP contribution in [0.25, 0.3) is 0 Å². The Morgan fingerprint density at radius 1 is 1.31 bits per heavy atom. The van der Waals surface area contributed by atoms with Crippen LogP contribution in [0.15, 0.2) is 0 Å². The van der Waals surface area contributed by atoms with E-state index in [9.17, 15) is 4.79 Å². The molecule has 2 aliphatic rings. The summed E-state index contributed by atoms with van der Waals surface area (Å²) in [7, 11) is 0. The Kier molecular flexibility index (Phi) is 3.45. The second kappa shape index (κ2) is 4.84. The highest BCUT2D eigenvalue weighted by atomic mass is 16.4. The molecule has 0 aromatic rings. The molecule has 16 heavy (non-hydrogen) atoms. The molecule has 0 radical (unpaired) electrons. The van der Waals surface area contributed by atoms with E-state index in [1.807, 2.05) is 0 Å². The van der Waals surface area contributed by atoms with E-state index in [1.54, 1.807) is 0 Å². The molecule has 0 aromatic carbocycles. The molecule has 0 amide bonds. The van der Waals surface area contributed by atoms with E-state index in [0.29, 0.717) is 12.3 Å². The minimum absolute atomic E-state index is 0.103. The predicted molar refractivity (Wildman–Crippen MR) is 58.6 cm³/mol. The summed E-state index contributed by atoms with van der Waals surface area (Å²) in [6, 6.07) is 1.86. The molecule has 1 aliphatic carbocycles. The number of carbonyl (C=O) groups is 1. The molecule has 0 aromatic heterocycles. The van der Waals surface area contributed by atoms with Crippen LogP contribution in [0.1, 0.15) is 38.5 Å². The minimum atomic E-state index is -0.821. The maximum absolute atomic E-state index is 10.9. The van der Waals surface area contributed by atoms with E-state index in [2.05, 4.69) is 11.4 Å². The summed E-state index contributed by atoms with van der Waals surface area (Å²) >= 11 is 0. The Hall–Kier alpha value is -1.08. The van der Waals surface area contributed by atoms with Crippen LogP contribution in [0.3, 0.4) is 0 Å². The van der Waals surface area contributed by atoms with E-state index in [4.69, 9.17) is 10.4 Å². The van der Waals surface area contributed by atoms with Gasteiger partial charge < -0.3 is 5.11 Å². The minimum Gasteiger partial charge on any atom is -0.480 e. The third-order valence-electron chi connectivity index (χ3n) is 3.94. The third-order valence-corrected chi connectivity index (χ3v) is 3.94. The number of nitriles is 1. The van der Waals surface area contributed by atoms with Gasteiger partial charge >= 0.3 is 5.97 Å². The Labute approximate surface area is 95.6 Å². The molecular formula is C12H18N2O2. The molecule has 3 unspecified atom stereocenters. The molecular weight excluding hydrogens is 204 g/mol. The first-order valence-corrected chi connectivity index (χ1v) is 6.11. The normalized spacial score (nSPS) is 35.8. The van der Waals surface area contributed by atoms with Gasteiger partial charge in [-0.3, -0.25) is 10.1 Å². The first kappa shape index (κ1) is 11.4. The van der Waals surface area contributed by atoms with Crippen molar-refractivity contribution in [2.75, 3.05) is 0 Å². The smallest absolute Gasteiger partial charge is 0.320 e. The molecule has 1 heterocycles. The van der Waals surface area contributed by atoms with Gasteiger partial charge in [0, 0.05) is 6.04 Å². The summed E-state index contributed by atoms with van der Waals surface area (Å²) in [5, 5.41) is 21.2. The molecule has 1 saturated heterocycles. The average molecular weight is 222 g/mol. The number of nitrogens with one attached hydrogen (secondary N) is 1. The van der Waals surface area contributed by atoms with Gasteiger partial charge in [0.1, 0.15) is 6.04 Å². The molecule has 0 spiro atoms. The van der Waals surface area contributed by atoms with Crippen molar-refractivity contribution in [3.63, 3.8) is 0 Å². The molecule has 2 rings (SSSR count). The van der Waals surface area contributed by atoms with Crippen molar-refractivity contribution in [1.82, 2.24) is 5.32 Å². The van der Waals surface area contributed by atoms with Crippen LogP contribution in [-0.4, -0.2) is 23.2 Å². The maximum Gasteiger partial charge on any atom is 0.320 e. The summed E-state index contributed by atoms with van der Waals surface area (Å²) in [5.41, 5.74) is 0. The zero-order valence-electron chi connectivity index (χ0n) is 9.35. The molecule has 2 fully saturated rings. The number of nitrogens with zero attached hydrogens (tertiary/aromatic N) is 1. The summed E-state index contributed by atoms with van der Waals surface area (Å²) in [6.07, 6.45) is 6.47. The maximum atomic E-state index is 10.9. The SMILES string of the molecule is N#CC1CC(C(=O)O)NC1C1CCCCC1. The number of carboxylic acids is 1. The molecule has 88 valence electrons. The lowest BCUT2D eigenvalue weighted by atomic mass is 9.80. The molecule has 4 heteroatoms. The monoisotopic (exact) mass is 222 g/mol. The first-order valence-electron chi connectivity index (χ1n) is 6.11. The van der Waals surface area contributed by atoms with Crippen molar-refractivity contribution in [2.45, 2.75) is 50.6 Å². The van der Waals surface area contributed by atoms with Crippen LogP contribution in [0.2, 0.25) is 0 Å². The largest absolute Gasteiger partial charge is 0.480 e. The lowest BCUT2D eigenvalue weighted by Gasteiger charge is -2.29. The van der Waals surface area contributed by atoms with Gasteiger partial charge in [-0.1, -0.05) is 19.3 Å². The number of hydrogen-bond donors (Lipinski definition) is 2. The highest BCUT2D eigenvalue weighted by molar-refractivity contribution is 5.74. The van der Waals surface area contributed by atoms with E-state index in [0.717, 1.165) is 12.8 Å². The van der Waals surface area contributed by atoms with Crippen LogP contribution in [0.4, 0.5) is 0 Å². The Bertz CT molecular complexity index is 305. The van der Waals surface area contributed by atoms with Gasteiger partial charge in [-0.15, -0.1) is 0 Å². The number of rotatable bonds is 2. The zero-order chi connectivity index (χ0) is 11.5.